The van der Waals surface area contributed by atoms with Crippen molar-refractivity contribution in [1.29, 1.82) is 5.26 Å². The zero-order valence-electron chi connectivity index (χ0n) is 12.0. The van der Waals surface area contributed by atoms with Gasteiger partial charge in [-0.15, -0.1) is 0 Å². The standard InChI is InChI=1S/C16H16FN3O/c1-12(7-8-18)19(2)16(21)13-5-6-15(14(17)11-13)20-9-3-4-10-20/h3-6,9-12H,7H2,1-2H3. The first-order valence-electron chi connectivity index (χ1n) is 6.61. The Balaban J connectivity index is 2.24. The summed E-state index contributed by atoms with van der Waals surface area (Å²) < 4.78 is 15.8. The van der Waals surface area contributed by atoms with E-state index >= 15 is 0 Å². The molecule has 1 unspecified atom stereocenters. The van der Waals surface area contributed by atoms with Crippen LogP contribution >= 0.6 is 0 Å². The minimum Gasteiger partial charge on any atom is -0.338 e. The Labute approximate surface area is 123 Å². The predicted octanol–water partition coefficient (Wildman–Crippen LogP) is 2.99. The van der Waals surface area contributed by atoms with Gasteiger partial charge in [-0.25, -0.2) is 4.39 Å². The number of rotatable bonds is 4. The minimum atomic E-state index is -0.460. The molecule has 21 heavy (non-hydrogen) atoms. The third kappa shape index (κ3) is 3.11. The van der Waals surface area contributed by atoms with Gasteiger partial charge < -0.3 is 9.47 Å². The lowest BCUT2D eigenvalue weighted by Gasteiger charge is -2.23. The number of aromatic nitrogens is 1. The van der Waals surface area contributed by atoms with Crippen LogP contribution in [0.3, 0.4) is 0 Å². The predicted molar refractivity (Wildman–Crippen MR) is 77.5 cm³/mol. The summed E-state index contributed by atoms with van der Waals surface area (Å²) >= 11 is 0. The molecule has 1 atom stereocenters. The molecule has 2 rings (SSSR count). The Morgan fingerprint density at radius 2 is 2.10 bits per heavy atom. The van der Waals surface area contributed by atoms with Crippen molar-refractivity contribution in [3.05, 3.63) is 54.1 Å². The summed E-state index contributed by atoms with van der Waals surface area (Å²) in [5.74, 6) is -0.755. The van der Waals surface area contributed by atoms with Crippen molar-refractivity contribution in [1.82, 2.24) is 9.47 Å². The fraction of sp³-hybridized carbons (Fsp3) is 0.250. The van der Waals surface area contributed by atoms with Crippen LogP contribution < -0.4 is 0 Å². The normalized spacial score (nSPS) is 11.7. The molecule has 5 heteroatoms. The van der Waals surface area contributed by atoms with E-state index in [9.17, 15) is 9.18 Å². The molecule has 0 fully saturated rings. The second-order valence-electron chi connectivity index (χ2n) is 4.88. The fourth-order valence-electron chi connectivity index (χ4n) is 2.02. The fourth-order valence-corrected chi connectivity index (χ4v) is 2.02. The molecule has 0 aliphatic rings. The SMILES string of the molecule is CC(CC#N)N(C)C(=O)c1ccc(-n2cccc2)c(F)c1. The van der Waals surface area contributed by atoms with E-state index in [2.05, 4.69) is 0 Å². The number of carbonyl (C=O) groups excluding carboxylic acids is 1. The molecule has 0 spiro atoms. The number of halogens is 1. The van der Waals surface area contributed by atoms with Crippen LogP contribution in [0.5, 0.6) is 0 Å². The highest BCUT2D eigenvalue weighted by Crippen LogP contribution is 2.17. The maximum Gasteiger partial charge on any atom is 0.253 e. The van der Waals surface area contributed by atoms with Crippen LogP contribution in [0.15, 0.2) is 42.7 Å². The van der Waals surface area contributed by atoms with Gasteiger partial charge in [-0.2, -0.15) is 5.26 Å². The maximum atomic E-state index is 14.1. The minimum absolute atomic E-state index is 0.213. The summed E-state index contributed by atoms with van der Waals surface area (Å²) in [7, 11) is 1.61. The molecule has 1 aromatic heterocycles. The van der Waals surface area contributed by atoms with E-state index in [1.807, 2.05) is 6.07 Å². The first kappa shape index (κ1) is 14.8. The van der Waals surface area contributed by atoms with E-state index in [-0.39, 0.29) is 23.9 Å². The van der Waals surface area contributed by atoms with E-state index in [1.165, 1.54) is 11.0 Å². The first-order chi connectivity index (χ1) is 10.0. The third-order valence-corrected chi connectivity index (χ3v) is 3.45. The van der Waals surface area contributed by atoms with E-state index in [1.54, 1.807) is 55.2 Å². The molecular weight excluding hydrogens is 269 g/mol. The van der Waals surface area contributed by atoms with Crippen LogP contribution in [0.2, 0.25) is 0 Å². The Morgan fingerprint density at radius 3 is 2.67 bits per heavy atom. The molecule has 1 aromatic carbocycles. The molecule has 1 heterocycles. The molecule has 0 aliphatic carbocycles. The van der Waals surface area contributed by atoms with Gasteiger partial charge in [0.25, 0.3) is 5.91 Å². The second kappa shape index (κ2) is 6.23. The number of nitriles is 1. The van der Waals surface area contributed by atoms with Gasteiger partial charge in [-0.1, -0.05) is 0 Å². The summed E-state index contributed by atoms with van der Waals surface area (Å²) in [6.07, 6.45) is 3.72. The van der Waals surface area contributed by atoms with Crippen LogP contribution in [-0.2, 0) is 0 Å². The van der Waals surface area contributed by atoms with Gasteiger partial charge in [0.15, 0.2) is 0 Å². The number of benzene rings is 1. The van der Waals surface area contributed by atoms with Crippen molar-refractivity contribution in [3.63, 3.8) is 0 Å². The van der Waals surface area contributed by atoms with Crippen molar-refractivity contribution >= 4 is 5.91 Å². The monoisotopic (exact) mass is 285 g/mol. The van der Waals surface area contributed by atoms with Crippen LogP contribution in [0.25, 0.3) is 5.69 Å². The lowest BCUT2D eigenvalue weighted by atomic mass is 10.1. The summed E-state index contributed by atoms with van der Waals surface area (Å²) in [6.45, 7) is 1.78. The number of amides is 1. The summed E-state index contributed by atoms with van der Waals surface area (Å²) in [4.78, 5) is 13.7. The van der Waals surface area contributed by atoms with E-state index in [4.69, 9.17) is 5.26 Å². The van der Waals surface area contributed by atoms with Crippen LogP contribution in [0.1, 0.15) is 23.7 Å². The number of hydrogen-bond donors (Lipinski definition) is 0. The first-order valence-corrected chi connectivity index (χ1v) is 6.61. The lowest BCUT2D eigenvalue weighted by Crippen LogP contribution is -2.34. The Kier molecular flexibility index (Phi) is 4.39. The highest BCUT2D eigenvalue weighted by Gasteiger charge is 2.18. The molecule has 0 N–H and O–H groups in total. The number of nitrogens with zero attached hydrogens (tertiary/aromatic N) is 3. The molecular formula is C16H16FN3O. The van der Waals surface area contributed by atoms with Crippen molar-refractivity contribution in [3.8, 4) is 11.8 Å². The van der Waals surface area contributed by atoms with Gasteiger partial charge >= 0.3 is 0 Å². The van der Waals surface area contributed by atoms with E-state index in [0.29, 0.717) is 5.69 Å². The van der Waals surface area contributed by atoms with Gasteiger partial charge in [-0.3, -0.25) is 4.79 Å². The van der Waals surface area contributed by atoms with Gasteiger partial charge in [0.2, 0.25) is 0 Å². The molecule has 0 aliphatic heterocycles. The Morgan fingerprint density at radius 1 is 1.43 bits per heavy atom. The molecule has 2 aromatic rings. The zero-order valence-corrected chi connectivity index (χ0v) is 12.0. The summed E-state index contributed by atoms with van der Waals surface area (Å²) in [5.41, 5.74) is 0.667. The van der Waals surface area contributed by atoms with Gasteiger partial charge in [-0.05, 0) is 37.3 Å². The molecule has 4 nitrogen and oxygen atoms in total. The second-order valence-corrected chi connectivity index (χ2v) is 4.88. The molecule has 108 valence electrons. The molecule has 0 saturated heterocycles. The van der Waals surface area contributed by atoms with E-state index < -0.39 is 5.82 Å². The van der Waals surface area contributed by atoms with Crippen LogP contribution in [-0.4, -0.2) is 28.5 Å². The maximum absolute atomic E-state index is 14.1. The quantitative estimate of drug-likeness (QED) is 0.867. The van der Waals surface area contributed by atoms with Crippen LogP contribution in [0, 0.1) is 17.1 Å². The van der Waals surface area contributed by atoms with Crippen molar-refractivity contribution < 1.29 is 9.18 Å². The Hall–Kier alpha value is -2.61. The number of carbonyl (C=O) groups is 1. The highest BCUT2D eigenvalue weighted by molar-refractivity contribution is 5.94. The topological polar surface area (TPSA) is 49.0 Å². The lowest BCUT2D eigenvalue weighted by molar-refractivity contribution is 0.0746. The Bertz CT molecular complexity index is 673. The van der Waals surface area contributed by atoms with Gasteiger partial charge in [0, 0.05) is 31.0 Å². The smallest absolute Gasteiger partial charge is 0.253 e. The van der Waals surface area contributed by atoms with Crippen molar-refractivity contribution in [2.75, 3.05) is 7.05 Å². The molecule has 0 bridgehead atoms. The average Bonchev–Trinajstić information content (AvgIpc) is 2.99. The molecule has 0 saturated carbocycles. The summed E-state index contributed by atoms with van der Waals surface area (Å²) in [5, 5.41) is 8.67. The van der Waals surface area contributed by atoms with Crippen LogP contribution in [0.4, 0.5) is 4.39 Å². The molecule has 1 amide bonds. The number of hydrogen-bond acceptors (Lipinski definition) is 2. The van der Waals surface area contributed by atoms with Gasteiger partial charge in [0.05, 0.1) is 18.2 Å². The summed E-state index contributed by atoms with van der Waals surface area (Å²) in [6, 6.07) is 9.81. The molecule has 0 radical (unpaired) electrons. The van der Waals surface area contributed by atoms with Crippen molar-refractivity contribution in [2.45, 2.75) is 19.4 Å². The average molecular weight is 285 g/mol. The largest absolute Gasteiger partial charge is 0.338 e. The highest BCUT2D eigenvalue weighted by atomic mass is 19.1. The van der Waals surface area contributed by atoms with Gasteiger partial charge in [0.1, 0.15) is 5.82 Å². The third-order valence-electron chi connectivity index (χ3n) is 3.45. The van der Waals surface area contributed by atoms with Crippen molar-refractivity contribution in [2.24, 2.45) is 0 Å². The van der Waals surface area contributed by atoms with E-state index in [0.717, 1.165) is 0 Å². The zero-order chi connectivity index (χ0) is 15.4.